The number of benzene rings is 1. The van der Waals surface area contributed by atoms with Crippen LogP contribution in [0.15, 0.2) is 18.2 Å². The second-order valence-electron chi connectivity index (χ2n) is 4.58. The summed E-state index contributed by atoms with van der Waals surface area (Å²) < 4.78 is 0. The van der Waals surface area contributed by atoms with Gasteiger partial charge in [-0.2, -0.15) is 0 Å². The number of aliphatic carboxylic acids is 1. The third-order valence-electron chi connectivity index (χ3n) is 2.87. The summed E-state index contributed by atoms with van der Waals surface area (Å²) >= 11 is 0. The van der Waals surface area contributed by atoms with E-state index in [9.17, 15) is 9.90 Å². The number of carbonyl (C=O) groups is 1. The van der Waals surface area contributed by atoms with Gasteiger partial charge < -0.3 is 15.5 Å². The Morgan fingerprint density at radius 3 is 2.72 bits per heavy atom. The topological polar surface area (TPSA) is 69.6 Å². The van der Waals surface area contributed by atoms with E-state index in [1.54, 1.807) is 0 Å². The first-order valence-electron chi connectivity index (χ1n) is 6.18. The Kier molecular flexibility index (Phi) is 5.82. The van der Waals surface area contributed by atoms with E-state index in [1.165, 1.54) is 5.56 Å². The molecule has 100 valence electrons. The minimum Gasteiger partial charge on any atom is -0.481 e. The molecule has 1 atom stereocenters. The molecule has 4 heteroatoms. The molecule has 0 saturated carbocycles. The minimum absolute atomic E-state index is 0.159. The highest BCUT2D eigenvalue weighted by atomic mass is 16.4. The summed E-state index contributed by atoms with van der Waals surface area (Å²) in [4.78, 5) is 10.3. The van der Waals surface area contributed by atoms with Crippen molar-refractivity contribution in [3.05, 3.63) is 34.9 Å². The first-order chi connectivity index (χ1) is 8.50. The van der Waals surface area contributed by atoms with E-state index in [2.05, 4.69) is 5.32 Å². The molecular formula is C14H21NO3. The van der Waals surface area contributed by atoms with Gasteiger partial charge in [0.05, 0.1) is 6.10 Å². The van der Waals surface area contributed by atoms with E-state index in [0.717, 1.165) is 11.1 Å². The summed E-state index contributed by atoms with van der Waals surface area (Å²) in [6.45, 7) is 5.06. The van der Waals surface area contributed by atoms with Crippen molar-refractivity contribution in [2.75, 3.05) is 13.1 Å². The maximum atomic E-state index is 10.3. The van der Waals surface area contributed by atoms with E-state index in [1.807, 2.05) is 32.0 Å². The molecule has 1 aromatic rings. The Labute approximate surface area is 108 Å². The van der Waals surface area contributed by atoms with Crippen molar-refractivity contribution in [3.8, 4) is 0 Å². The standard InChI is InChI=1S/C14H21NO3/c1-10-5-6-12(11(2)8-10)13(16)9-15-7-3-4-14(17)18/h5-6,8,13,15-16H,3-4,7,9H2,1-2H3,(H,17,18). The molecule has 0 spiro atoms. The number of aliphatic hydroxyl groups excluding tert-OH is 1. The number of aryl methyl sites for hydroxylation is 2. The van der Waals surface area contributed by atoms with Gasteiger partial charge in [-0.1, -0.05) is 23.8 Å². The second-order valence-corrected chi connectivity index (χ2v) is 4.58. The number of nitrogens with one attached hydrogen (secondary N) is 1. The first-order valence-corrected chi connectivity index (χ1v) is 6.18. The zero-order valence-corrected chi connectivity index (χ0v) is 10.9. The summed E-state index contributed by atoms with van der Waals surface area (Å²) in [5, 5.41) is 21.6. The van der Waals surface area contributed by atoms with Crippen LogP contribution in [0.25, 0.3) is 0 Å². The van der Waals surface area contributed by atoms with Gasteiger partial charge in [-0.25, -0.2) is 0 Å². The molecule has 0 aliphatic heterocycles. The Morgan fingerprint density at radius 2 is 2.11 bits per heavy atom. The molecule has 4 nitrogen and oxygen atoms in total. The van der Waals surface area contributed by atoms with Gasteiger partial charge >= 0.3 is 5.97 Å². The van der Waals surface area contributed by atoms with Crippen LogP contribution >= 0.6 is 0 Å². The monoisotopic (exact) mass is 251 g/mol. The van der Waals surface area contributed by atoms with Gasteiger partial charge in [0, 0.05) is 13.0 Å². The number of carboxylic acid groups (broad SMARTS) is 1. The van der Waals surface area contributed by atoms with Crippen molar-refractivity contribution in [2.24, 2.45) is 0 Å². The summed E-state index contributed by atoms with van der Waals surface area (Å²) in [6, 6.07) is 5.97. The molecule has 18 heavy (non-hydrogen) atoms. The maximum Gasteiger partial charge on any atom is 0.303 e. The summed E-state index contributed by atoms with van der Waals surface area (Å²) in [5.74, 6) is -0.785. The molecule has 1 aromatic carbocycles. The predicted octanol–water partition coefficient (Wildman–Crippen LogP) is 1.79. The molecule has 1 unspecified atom stereocenters. The van der Waals surface area contributed by atoms with E-state index in [4.69, 9.17) is 5.11 Å². The molecule has 0 aromatic heterocycles. The number of rotatable bonds is 7. The van der Waals surface area contributed by atoms with Gasteiger partial charge in [0.2, 0.25) is 0 Å². The quantitative estimate of drug-likeness (QED) is 0.646. The third kappa shape index (κ3) is 4.85. The molecule has 0 heterocycles. The van der Waals surface area contributed by atoms with E-state index < -0.39 is 12.1 Å². The van der Waals surface area contributed by atoms with Crippen LogP contribution in [0.2, 0.25) is 0 Å². The average molecular weight is 251 g/mol. The second kappa shape index (κ2) is 7.13. The number of hydrogen-bond acceptors (Lipinski definition) is 3. The van der Waals surface area contributed by atoms with Gasteiger partial charge in [-0.15, -0.1) is 0 Å². The largest absolute Gasteiger partial charge is 0.481 e. The highest BCUT2D eigenvalue weighted by molar-refractivity contribution is 5.66. The minimum atomic E-state index is -0.785. The van der Waals surface area contributed by atoms with Crippen LogP contribution in [0.3, 0.4) is 0 Å². The average Bonchev–Trinajstić information content (AvgIpc) is 2.27. The van der Waals surface area contributed by atoms with Crippen LogP contribution in [0.5, 0.6) is 0 Å². The van der Waals surface area contributed by atoms with Gasteiger partial charge in [0.25, 0.3) is 0 Å². The molecule has 0 aliphatic carbocycles. The predicted molar refractivity (Wildman–Crippen MR) is 70.6 cm³/mol. The lowest BCUT2D eigenvalue weighted by Crippen LogP contribution is -2.23. The molecule has 0 saturated heterocycles. The summed E-state index contributed by atoms with van der Waals surface area (Å²) in [7, 11) is 0. The lowest BCUT2D eigenvalue weighted by Gasteiger charge is -2.15. The van der Waals surface area contributed by atoms with Crippen molar-refractivity contribution >= 4 is 5.97 Å². The first kappa shape index (κ1) is 14.7. The maximum absolute atomic E-state index is 10.3. The van der Waals surface area contributed by atoms with E-state index >= 15 is 0 Å². The van der Waals surface area contributed by atoms with Crippen LogP contribution in [-0.4, -0.2) is 29.3 Å². The van der Waals surface area contributed by atoms with Crippen LogP contribution < -0.4 is 5.32 Å². The molecule has 1 rings (SSSR count). The Balaban J connectivity index is 2.36. The SMILES string of the molecule is Cc1ccc(C(O)CNCCCC(=O)O)c(C)c1. The molecule has 0 radical (unpaired) electrons. The van der Waals surface area contributed by atoms with Gasteiger partial charge in [-0.05, 0) is 37.9 Å². The molecule has 0 fully saturated rings. The number of aliphatic hydroxyl groups is 1. The van der Waals surface area contributed by atoms with Gasteiger partial charge in [-0.3, -0.25) is 4.79 Å². The van der Waals surface area contributed by atoms with Gasteiger partial charge in [0.1, 0.15) is 0 Å². The third-order valence-corrected chi connectivity index (χ3v) is 2.87. The highest BCUT2D eigenvalue weighted by Crippen LogP contribution is 2.18. The van der Waals surface area contributed by atoms with Crippen molar-refractivity contribution in [1.29, 1.82) is 0 Å². The summed E-state index contributed by atoms with van der Waals surface area (Å²) in [5.41, 5.74) is 3.18. The van der Waals surface area contributed by atoms with Crippen LogP contribution in [0.1, 0.15) is 35.6 Å². The van der Waals surface area contributed by atoms with E-state index in [-0.39, 0.29) is 6.42 Å². The van der Waals surface area contributed by atoms with Crippen molar-refractivity contribution < 1.29 is 15.0 Å². The molecular weight excluding hydrogens is 230 g/mol. The van der Waals surface area contributed by atoms with E-state index in [0.29, 0.717) is 19.5 Å². The zero-order chi connectivity index (χ0) is 13.5. The number of carboxylic acids is 1. The Bertz CT molecular complexity index is 404. The molecule has 3 N–H and O–H groups in total. The van der Waals surface area contributed by atoms with Crippen LogP contribution in [0.4, 0.5) is 0 Å². The van der Waals surface area contributed by atoms with Crippen molar-refractivity contribution in [3.63, 3.8) is 0 Å². The zero-order valence-electron chi connectivity index (χ0n) is 10.9. The highest BCUT2D eigenvalue weighted by Gasteiger charge is 2.09. The fraction of sp³-hybridized carbons (Fsp3) is 0.500. The lowest BCUT2D eigenvalue weighted by molar-refractivity contribution is -0.137. The lowest BCUT2D eigenvalue weighted by atomic mass is 10.0. The fourth-order valence-corrected chi connectivity index (χ4v) is 1.91. The Morgan fingerprint density at radius 1 is 1.39 bits per heavy atom. The van der Waals surface area contributed by atoms with Crippen LogP contribution in [0, 0.1) is 13.8 Å². The smallest absolute Gasteiger partial charge is 0.303 e. The number of hydrogen-bond donors (Lipinski definition) is 3. The Hall–Kier alpha value is -1.39. The van der Waals surface area contributed by atoms with Crippen LogP contribution in [-0.2, 0) is 4.79 Å². The molecule has 0 bridgehead atoms. The summed E-state index contributed by atoms with van der Waals surface area (Å²) in [6.07, 6.45) is 0.192. The fourth-order valence-electron chi connectivity index (χ4n) is 1.91. The van der Waals surface area contributed by atoms with Gasteiger partial charge in [0.15, 0.2) is 0 Å². The van der Waals surface area contributed by atoms with Crippen molar-refractivity contribution in [2.45, 2.75) is 32.8 Å². The van der Waals surface area contributed by atoms with Crippen molar-refractivity contribution in [1.82, 2.24) is 5.32 Å². The normalized spacial score (nSPS) is 12.4. The molecule has 0 aliphatic rings. The molecule has 0 amide bonds.